The molecule has 0 aliphatic carbocycles. The van der Waals surface area contributed by atoms with Crippen molar-refractivity contribution in [1.82, 2.24) is 9.62 Å². The van der Waals surface area contributed by atoms with Gasteiger partial charge in [-0.2, -0.15) is 0 Å². The summed E-state index contributed by atoms with van der Waals surface area (Å²) < 4.78 is 28.7. The second kappa shape index (κ2) is 6.87. The highest BCUT2D eigenvalue weighted by molar-refractivity contribution is 9.11. The molecule has 1 atom stereocenters. The van der Waals surface area contributed by atoms with Crippen molar-refractivity contribution in [1.29, 1.82) is 0 Å². The predicted octanol–water partition coefficient (Wildman–Crippen LogP) is 2.83. The van der Waals surface area contributed by atoms with E-state index in [1.165, 1.54) is 0 Å². The molecule has 0 amide bonds. The van der Waals surface area contributed by atoms with Gasteiger partial charge in [-0.3, -0.25) is 0 Å². The van der Waals surface area contributed by atoms with Crippen LogP contribution in [0.2, 0.25) is 0 Å². The molecule has 0 bridgehead atoms. The number of benzene rings is 1. The van der Waals surface area contributed by atoms with Crippen molar-refractivity contribution in [3.05, 3.63) is 27.1 Å². The minimum absolute atomic E-state index is 0.283. The summed E-state index contributed by atoms with van der Waals surface area (Å²) in [5, 5.41) is 0. The third kappa shape index (κ3) is 4.04. The number of hydrogen-bond donors (Lipinski definition) is 1. The zero-order chi connectivity index (χ0) is 14.8. The van der Waals surface area contributed by atoms with Gasteiger partial charge in [0.1, 0.15) is 0 Å². The highest BCUT2D eigenvalue weighted by Crippen LogP contribution is 2.26. The number of nitrogens with one attached hydrogen (secondary N) is 1. The zero-order valence-electron chi connectivity index (χ0n) is 11.3. The minimum atomic E-state index is -3.46. The van der Waals surface area contributed by atoms with Gasteiger partial charge in [0.15, 0.2) is 0 Å². The molecule has 1 aromatic carbocycles. The maximum absolute atomic E-state index is 12.3. The van der Waals surface area contributed by atoms with E-state index in [-0.39, 0.29) is 4.90 Å². The van der Waals surface area contributed by atoms with Crippen LogP contribution in [0.25, 0.3) is 0 Å². The van der Waals surface area contributed by atoms with Crippen molar-refractivity contribution in [2.75, 3.05) is 26.2 Å². The minimum Gasteiger partial charge on any atom is -0.303 e. The first-order chi connectivity index (χ1) is 9.42. The molecule has 2 rings (SSSR count). The Morgan fingerprint density at radius 1 is 1.40 bits per heavy atom. The van der Waals surface area contributed by atoms with Crippen LogP contribution in [0.15, 0.2) is 32.0 Å². The normalized spacial score (nSPS) is 20.4. The van der Waals surface area contributed by atoms with E-state index in [4.69, 9.17) is 0 Å². The van der Waals surface area contributed by atoms with Gasteiger partial charge in [-0.1, -0.05) is 22.9 Å². The molecule has 112 valence electrons. The number of nitrogens with zero attached hydrogens (tertiary/aromatic N) is 1. The van der Waals surface area contributed by atoms with Gasteiger partial charge >= 0.3 is 0 Å². The highest BCUT2D eigenvalue weighted by atomic mass is 79.9. The van der Waals surface area contributed by atoms with E-state index in [0.29, 0.717) is 16.9 Å². The second-order valence-electron chi connectivity index (χ2n) is 4.97. The van der Waals surface area contributed by atoms with Crippen LogP contribution in [0.4, 0.5) is 0 Å². The number of rotatable bonds is 5. The Bertz CT molecular complexity index is 578. The molecular weight excluding hydrogens is 408 g/mol. The Morgan fingerprint density at radius 3 is 2.75 bits per heavy atom. The number of likely N-dealkylation sites (tertiary alicyclic amines) is 1. The summed E-state index contributed by atoms with van der Waals surface area (Å²) >= 11 is 6.62. The molecule has 1 aliphatic heterocycles. The lowest BCUT2D eigenvalue weighted by molar-refractivity contribution is 0.342. The van der Waals surface area contributed by atoms with Crippen LogP contribution in [0.5, 0.6) is 0 Å². The SMILES string of the molecule is CCN1CCC(CNS(=O)(=O)c2ccc(Br)cc2Br)C1. The fourth-order valence-corrected chi connectivity index (χ4v) is 5.22. The molecular formula is C13H18Br2N2O2S. The van der Waals surface area contributed by atoms with Crippen LogP contribution in [0, 0.1) is 5.92 Å². The van der Waals surface area contributed by atoms with Gasteiger partial charge in [0.2, 0.25) is 10.0 Å². The quantitative estimate of drug-likeness (QED) is 0.788. The Hall–Kier alpha value is 0.0500. The molecule has 1 aliphatic rings. The lowest BCUT2D eigenvalue weighted by atomic mass is 10.1. The molecule has 1 N–H and O–H groups in total. The van der Waals surface area contributed by atoms with Crippen LogP contribution in [0.1, 0.15) is 13.3 Å². The molecule has 0 spiro atoms. The van der Waals surface area contributed by atoms with Gasteiger partial charge in [0.25, 0.3) is 0 Å². The average molecular weight is 426 g/mol. The average Bonchev–Trinajstić information content (AvgIpc) is 2.84. The van der Waals surface area contributed by atoms with Crippen LogP contribution in [-0.2, 0) is 10.0 Å². The molecule has 1 saturated heterocycles. The summed E-state index contributed by atoms with van der Waals surface area (Å²) in [6, 6.07) is 5.07. The lowest BCUT2D eigenvalue weighted by Gasteiger charge is -2.14. The summed E-state index contributed by atoms with van der Waals surface area (Å²) in [6.07, 6.45) is 1.05. The van der Waals surface area contributed by atoms with Gasteiger partial charge in [-0.25, -0.2) is 13.1 Å². The van der Waals surface area contributed by atoms with E-state index < -0.39 is 10.0 Å². The fourth-order valence-electron chi connectivity index (χ4n) is 2.37. The van der Waals surface area contributed by atoms with E-state index in [1.54, 1.807) is 18.2 Å². The molecule has 0 radical (unpaired) electrons. The van der Waals surface area contributed by atoms with Gasteiger partial charge in [-0.05, 0) is 59.6 Å². The maximum atomic E-state index is 12.3. The van der Waals surface area contributed by atoms with Crippen molar-refractivity contribution in [2.45, 2.75) is 18.2 Å². The van der Waals surface area contributed by atoms with E-state index in [9.17, 15) is 8.42 Å². The van der Waals surface area contributed by atoms with E-state index in [0.717, 1.165) is 30.5 Å². The van der Waals surface area contributed by atoms with E-state index in [2.05, 4.69) is 48.4 Å². The first-order valence-electron chi connectivity index (χ1n) is 6.59. The highest BCUT2D eigenvalue weighted by Gasteiger charge is 2.24. The molecule has 7 heteroatoms. The first-order valence-corrected chi connectivity index (χ1v) is 9.66. The fraction of sp³-hybridized carbons (Fsp3) is 0.538. The van der Waals surface area contributed by atoms with Gasteiger partial charge < -0.3 is 4.90 Å². The monoisotopic (exact) mass is 424 g/mol. The summed E-state index contributed by atoms with van der Waals surface area (Å²) in [5.74, 6) is 0.402. The molecule has 1 fully saturated rings. The zero-order valence-corrected chi connectivity index (χ0v) is 15.3. The standard InChI is InChI=1S/C13H18Br2N2O2S/c1-2-17-6-5-10(9-17)8-16-20(18,19)13-4-3-11(14)7-12(13)15/h3-4,7,10,16H,2,5-6,8-9H2,1H3. The summed E-state index contributed by atoms with van der Waals surface area (Å²) in [4.78, 5) is 2.63. The van der Waals surface area contributed by atoms with E-state index in [1.807, 2.05) is 0 Å². The second-order valence-corrected chi connectivity index (χ2v) is 8.48. The smallest absolute Gasteiger partial charge is 0.241 e. The number of hydrogen-bond acceptors (Lipinski definition) is 3. The third-order valence-electron chi connectivity index (χ3n) is 3.56. The first kappa shape index (κ1) is 16.4. The Kier molecular flexibility index (Phi) is 5.64. The van der Waals surface area contributed by atoms with Gasteiger partial charge in [0.05, 0.1) is 4.90 Å². The van der Waals surface area contributed by atoms with Crippen LogP contribution >= 0.6 is 31.9 Å². The van der Waals surface area contributed by atoms with Crippen LogP contribution in [0.3, 0.4) is 0 Å². The van der Waals surface area contributed by atoms with Crippen molar-refractivity contribution in [3.63, 3.8) is 0 Å². The molecule has 1 aromatic rings. The molecule has 4 nitrogen and oxygen atoms in total. The largest absolute Gasteiger partial charge is 0.303 e. The summed E-state index contributed by atoms with van der Waals surface area (Å²) in [6.45, 7) is 5.69. The predicted molar refractivity (Wildman–Crippen MR) is 87.3 cm³/mol. The van der Waals surface area contributed by atoms with Crippen molar-refractivity contribution in [3.8, 4) is 0 Å². The summed E-state index contributed by atoms with van der Waals surface area (Å²) in [5.41, 5.74) is 0. The molecule has 1 heterocycles. The van der Waals surface area contributed by atoms with Crippen LogP contribution < -0.4 is 4.72 Å². The molecule has 1 unspecified atom stereocenters. The number of halogens is 2. The van der Waals surface area contributed by atoms with Crippen molar-refractivity contribution in [2.24, 2.45) is 5.92 Å². The molecule has 20 heavy (non-hydrogen) atoms. The van der Waals surface area contributed by atoms with Gasteiger partial charge in [-0.15, -0.1) is 0 Å². The topological polar surface area (TPSA) is 49.4 Å². The Morgan fingerprint density at radius 2 is 2.15 bits per heavy atom. The van der Waals surface area contributed by atoms with E-state index >= 15 is 0 Å². The third-order valence-corrected chi connectivity index (χ3v) is 6.46. The lowest BCUT2D eigenvalue weighted by Crippen LogP contribution is -2.31. The maximum Gasteiger partial charge on any atom is 0.241 e. The Balaban J connectivity index is 2.01. The van der Waals surface area contributed by atoms with Crippen LogP contribution in [-0.4, -0.2) is 39.5 Å². The number of sulfonamides is 1. The van der Waals surface area contributed by atoms with Gasteiger partial charge in [0, 0.05) is 22.0 Å². The van der Waals surface area contributed by atoms with Crippen molar-refractivity contribution < 1.29 is 8.42 Å². The molecule has 0 aromatic heterocycles. The molecule has 0 saturated carbocycles. The Labute approximate surface area is 137 Å². The summed E-state index contributed by atoms with van der Waals surface area (Å²) in [7, 11) is -3.46. The van der Waals surface area contributed by atoms with Crippen molar-refractivity contribution >= 4 is 41.9 Å².